The SMILES string of the molecule is Cn1ccnc1C1(C)CCCN1. The van der Waals surface area contributed by atoms with Gasteiger partial charge < -0.3 is 9.88 Å². The lowest BCUT2D eigenvalue weighted by molar-refractivity contribution is 0.395. The molecule has 0 spiro atoms. The molecule has 3 nitrogen and oxygen atoms in total. The minimum absolute atomic E-state index is 0.109. The lowest BCUT2D eigenvalue weighted by Crippen LogP contribution is -2.35. The van der Waals surface area contributed by atoms with Crippen molar-refractivity contribution in [3.8, 4) is 0 Å². The van der Waals surface area contributed by atoms with Crippen LogP contribution in [-0.2, 0) is 12.6 Å². The molecule has 1 atom stereocenters. The number of imidazole rings is 1. The number of hydrogen-bond donors (Lipinski definition) is 1. The van der Waals surface area contributed by atoms with Crippen molar-refractivity contribution < 1.29 is 0 Å². The molecular formula is C9H15N3. The fourth-order valence-corrected chi connectivity index (χ4v) is 1.98. The first-order valence-corrected chi connectivity index (χ1v) is 4.45. The Labute approximate surface area is 72.8 Å². The summed E-state index contributed by atoms with van der Waals surface area (Å²) in [6.45, 7) is 3.34. The van der Waals surface area contributed by atoms with Gasteiger partial charge >= 0.3 is 0 Å². The molecule has 0 aromatic carbocycles. The maximum Gasteiger partial charge on any atom is 0.128 e. The van der Waals surface area contributed by atoms with Crippen molar-refractivity contribution in [2.75, 3.05) is 6.54 Å². The minimum Gasteiger partial charge on any atom is -0.336 e. The summed E-state index contributed by atoms with van der Waals surface area (Å²) >= 11 is 0. The second-order valence-corrected chi connectivity index (χ2v) is 3.72. The maximum absolute atomic E-state index is 4.37. The highest BCUT2D eigenvalue weighted by Crippen LogP contribution is 2.28. The van der Waals surface area contributed by atoms with Crippen LogP contribution in [0.25, 0.3) is 0 Å². The molecular weight excluding hydrogens is 150 g/mol. The van der Waals surface area contributed by atoms with E-state index in [-0.39, 0.29) is 5.54 Å². The van der Waals surface area contributed by atoms with Gasteiger partial charge in [0.1, 0.15) is 5.82 Å². The lowest BCUT2D eigenvalue weighted by Gasteiger charge is -2.23. The summed E-state index contributed by atoms with van der Waals surface area (Å²) in [6, 6.07) is 0. The molecule has 0 aliphatic carbocycles. The Hall–Kier alpha value is -0.830. The van der Waals surface area contributed by atoms with Crippen LogP contribution in [0, 0.1) is 0 Å². The summed E-state index contributed by atoms with van der Waals surface area (Å²) < 4.78 is 2.10. The van der Waals surface area contributed by atoms with Gasteiger partial charge in [0.15, 0.2) is 0 Å². The van der Waals surface area contributed by atoms with Gasteiger partial charge in [-0.05, 0) is 26.3 Å². The zero-order valence-corrected chi connectivity index (χ0v) is 7.67. The fourth-order valence-electron chi connectivity index (χ4n) is 1.98. The van der Waals surface area contributed by atoms with E-state index in [0.29, 0.717) is 0 Å². The van der Waals surface area contributed by atoms with Gasteiger partial charge in [-0.2, -0.15) is 0 Å². The molecule has 0 amide bonds. The molecule has 1 unspecified atom stereocenters. The largest absolute Gasteiger partial charge is 0.336 e. The first-order valence-electron chi connectivity index (χ1n) is 4.45. The summed E-state index contributed by atoms with van der Waals surface area (Å²) in [7, 11) is 2.05. The Morgan fingerprint density at radius 3 is 3.00 bits per heavy atom. The van der Waals surface area contributed by atoms with E-state index in [2.05, 4.69) is 21.8 Å². The van der Waals surface area contributed by atoms with E-state index in [1.807, 2.05) is 19.4 Å². The minimum atomic E-state index is 0.109. The van der Waals surface area contributed by atoms with Crippen LogP contribution in [0.1, 0.15) is 25.6 Å². The average molecular weight is 165 g/mol. The Morgan fingerprint density at radius 1 is 1.67 bits per heavy atom. The molecule has 0 saturated carbocycles. The molecule has 3 heteroatoms. The molecule has 0 radical (unpaired) electrons. The first-order chi connectivity index (χ1) is 5.72. The van der Waals surface area contributed by atoms with Crippen molar-refractivity contribution in [2.24, 2.45) is 7.05 Å². The van der Waals surface area contributed by atoms with Crippen molar-refractivity contribution in [3.63, 3.8) is 0 Å². The standard InChI is InChI=1S/C9H15N3/c1-9(4-3-5-11-9)8-10-6-7-12(8)2/h6-7,11H,3-5H2,1-2H3. The Morgan fingerprint density at radius 2 is 2.50 bits per heavy atom. The van der Waals surface area contributed by atoms with Crippen molar-refractivity contribution >= 4 is 0 Å². The maximum atomic E-state index is 4.37. The van der Waals surface area contributed by atoms with E-state index < -0.39 is 0 Å². The molecule has 66 valence electrons. The molecule has 1 saturated heterocycles. The highest BCUT2D eigenvalue weighted by atomic mass is 15.1. The number of aromatic nitrogens is 2. The number of hydrogen-bond acceptors (Lipinski definition) is 2. The van der Waals surface area contributed by atoms with Gasteiger partial charge in [0.05, 0.1) is 5.54 Å². The van der Waals surface area contributed by atoms with Gasteiger partial charge in [-0.15, -0.1) is 0 Å². The van der Waals surface area contributed by atoms with Crippen molar-refractivity contribution in [3.05, 3.63) is 18.2 Å². The van der Waals surface area contributed by atoms with Gasteiger partial charge in [-0.1, -0.05) is 0 Å². The normalized spacial score (nSPS) is 29.5. The summed E-state index contributed by atoms with van der Waals surface area (Å²) in [5.41, 5.74) is 0.109. The van der Waals surface area contributed by atoms with Gasteiger partial charge in [-0.3, -0.25) is 0 Å². The molecule has 12 heavy (non-hydrogen) atoms. The third-order valence-electron chi connectivity index (χ3n) is 2.68. The molecule has 1 aliphatic rings. The topological polar surface area (TPSA) is 29.9 Å². The number of nitrogens with zero attached hydrogens (tertiary/aromatic N) is 2. The molecule has 1 fully saturated rings. The Kier molecular flexibility index (Phi) is 1.68. The zero-order valence-electron chi connectivity index (χ0n) is 7.67. The van der Waals surface area contributed by atoms with Gasteiger partial charge in [0.2, 0.25) is 0 Å². The van der Waals surface area contributed by atoms with Gasteiger partial charge in [0.25, 0.3) is 0 Å². The van der Waals surface area contributed by atoms with E-state index in [0.717, 1.165) is 12.4 Å². The number of rotatable bonds is 1. The molecule has 1 aliphatic heterocycles. The third kappa shape index (κ3) is 1.05. The molecule has 1 aromatic heterocycles. The predicted molar refractivity (Wildman–Crippen MR) is 47.8 cm³/mol. The van der Waals surface area contributed by atoms with E-state index >= 15 is 0 Å². The molecule has 2 heterocycles. The van der Waals surface area contributed by atoms with Crippen LogP contribution in [0.15, 0.2) is 12.4 Å². The van der Waals surface area contributed by atoms with Crippen LogP contribution in [0.4, 0.5) is 0 Å². The summed E-state index contributed by atoms with van der Waals surface area (Å²) in [5, 5.41) is 3.49. The van der Waals surface area contributed by atoms with Crippen LogP contribution in [0.2, 0.25) is 0 Å². The zero-order chi connectivity index (χ0) is 8.60. The van der Waals surface area contributed by atoms with Gasteiger partial charge in [-0.25, -0.2) is 4.98 Å². The van der Waals surface area contributed by atoms with Crippen molar-refractivity contribution in [1.82, 2.24) is 14.9 Å². The van der Waals surface area contributed by atoms with Crippen LogP contribution in [-0.4, -0.2) is 16.1 Å². The molecule has 1 N–H and O–H groups in total. The van der Waals surface area contributed by atoms with E-state index in [4.69, 9.17) is 0 Å². The first kappa shape index (κ1) is 7.80. The Bertz CT molecular complexity index is 271. The smallest absolute Gasteiger partial charge is 0.128 e. The van der Waals surface area contributed by atoms with Crippen molar-refractivity contribution in [1.29, 1.82) is 0 Å². The van der Waals surface area contributed by atoms with Crippen LogP contribution < -0.4 is 5.32 Å². The number of nitrogens with one attached hydrogen (secondary N) is 1. The highest BCUT2D eigenvalue weighted by molar-refractivity contribution is 5.08. The average Bonchev–Trinajstić information content (AvgIpc) is 2.59. The lowest BCUT2D eigenvalue weighted by atomic mass is 9.99. The van der Waals surface area contributed by atoms with Gasteiger partial charge in [0, 0.05) is 19.4 Å². The monoisotopic (exact) mass is 165 g/mol. The summed E-state index contributed by atoms with van der Waals surface area (Å²) in [6.07, 6.45) is 6.31. The second-order valence-electron chi connectivity index (χ2n) is 3.72. The van der Waals surface area contributed by atoms with Crippen molar-refractivity contribution in [2.45, 2.75) is 25.3 Å². The Balaban J connectivity index is 2.34. The molecule has 0 bridgehead atoms. The van der Waals surface area contributed by atoms with Crippen LogP contribution in [0.3, 0.4) is 0 Å². The number of aryl methyl sites for hydroxylation is 1. The quantitative estimate of drug-likeness (QED) is 0.673. The summed E-state index contributed by atoms with van der Waals surface area (Å²) in [5.74, 6) is 1.15. The molecule has 2 rings (SSSR count). The second kappa shape index (κ2) is 2.59. The fraction of sp³-hybridized carbons (Fsp3) is 0.667. The van der Waals surface area contributed by atoms with E-state index in [1.54, 1.807) is 0 Å². The molecule has 1 aromatic rings. The van der Waals surface area contributed by atoms with E-state index in [9.17, 15) is 0 Å². The summed E-state index contributed by atoms with van der Waals surface area (Å²) in [4.78, 5) is 4.37. The van der Waals surface area contributed by atoms with E-state index in [1.165, 1.54) is 12.8 Å². The highest BCUT2D eigenvalue weighted by Gasteiger charge is 2.33. The van der Waals surface area contributed by atoms with Crippen LogP contribution >= 0.6 is 0 Å². The predicted octanol–water partition coefficient (Wildman–Crippen LogP) is 1.02. The third-order valence-corrected chi connectivity index (χ3v) is 2.68. The van der Waals surface area contributed by atoms with Crippen LogP contribution in [0.5, 0.6) is 0 Å².